The topological polar surface area (TPSA) is 182 Å². The monoisotopic (exact) mass is 928 g/mol. The third-order valence-corrected chi connectivity index (χ3v) is 14.5. The van der Waals surface area contributed by atoms with Crippen LogP contribution in [0.4, 0.5) is 9.59 Å². The van der Waals surface area contributed by atoms with E-state index >= 15 is 0 Å². The SMILES string of the molecule is O=C(NCC1CCC(Cc2ccc(-c3cnc(C4CCCN4C(=O)[C@H](NC(=O)N4CCOCC4)c4ccccc4)[nH]3)cc2)CC1)C1CCCN1C(=O)[C@@H](NC(=O)N1CCOCC1)c1ccccc1. The maximum atomic E-state index is 14.3. The van der Waals surface area contributed by atoms with Crippen LogP contribution >= 0.6 is 0 Å². The van der Waals surface area contributed by atoms with Crippen LogP contribution in [0, 0.1) is 11.8 Å². The van der Waals surface area contributed by atoms with E-state index in [1.54, 1.807) is 14.7 Å². The molecule has 2 unspecified atom stereocenters. The second kappa shape index (κ2) is 22.2. The van der Waals surface area contributed by atoms with Gasteiger partial charge in [-0.3, -0.25) is 14.4 Å². The van der Waals surface area contributed by atoms with Gasteiger partial charge in [0.05, 0.1) is 44.4 Å². The van der Waals surface area contributed by atoms with Crippen molar-refractivity contribution in [2.45, 2.75) is 82.0 Å². The van der Waals surface area contributed by atoms with Crippen molar-refractivity contribution in [1.82, 2.24) is 45.5 Å². The molecule has 0 radical (unpaired) electrons. The van der Waals surface area contributed by atoms with Crippen LogP contribution in [0.5, 0.6) is 0 Å². The number of aromatic nitrogens is 2. The summed E-state index contributed by atoms with van der Waals surface area (Å²) in [6, 6.07) is 24.3. The Balaban J connectivity index is 0.747. The summed E-state index contributed by atoms with van der Waals surface area (Å²) >= 11 is 0. The van der Waals surface area contributed by atoms with E-state index in [4.69, 9.17) is 14.5 Å². The van der Waals surface area contributed by atoms with E-state index in [2.05, 4.69) is 45.2 Å². The third-order valence-electron chi connectivity index (χ3n) is 14.5. The summed E-state index contributed by atoms with van der Waals surface area (Å²) in [5.41, 5.74) is 4.63. The van der Waals surface area contributed by atoms with E-state index in [-0.39, 0.29) is 35.8 Å². The number of carbonyl (C=O) groups is 5. The number of hydrogen-bond acceptors (Lipinski definition) is 8. The van der Waals surface area contributed by atoms with E-state index in [1.165, 1.54) is 5.56 Å². The van der Waals surface area contributed by atoms with Gasteiger partial charge >= 0.3 is 12.1 Å². The summed E-state index contributed by atoms with van der Waals surface area (Å²) < 4.78 is 10.8. The first-order valence-corrected chi connectivity index (χ1v) is 24.7. The molecule has 68 heavy (non-hydrogen) atoms. The molecule has 5 heterocycles. The predicted molar refractivity (Wildman–Crippen MR) is 255 cm³/mol. The third kappa shape index (κ3) is 11.2. The number of carbonyl (C=O) groups excluding carboxylic acids is 5. The largest absolute Gasteiger partial charge is 0.378 e. The molecule has 16 heteroatoms. The second-order valence-electron chi connectivity index (χ2n) is 18.9. The molecule has 4 aliphatic heterocycles. The molecule has 3 aromatic carbocycles. The normalized spacial score (nSPS) is 22.9. The maximum Gasteiger partial charge on any atom is 0.318 e. The molecule has 16 nitrogen and oxygen atoms in total. The van der Waals surface area contributed by atoms with Crippen molar-refractivity contribution in [1.29, 1.82) is 0 Å². The minimum absolute atomic E-state index is 0.121. The molecule has 0 spiro atoms. The first kappa shape index (κ1) is 46.8. The molecular weight excluding hydrogens is 863 g/mol. The Morgan fingerprint density at radius 1 is 0.618 bits per heavy atom. The quantitative estimate of drug-likeness (QED) is 0.131. The highest BCUT2D eigenvalue weighted by Gasteiger charge is 2.40. The van der Waals surface area contributed by atoms with E-state index in [0.29, 0.717) is 96.1 Å². The number of rotatable bonds is 13. The van der Waals surface area contributed by atoms with Crippen molar-refractivity contribution >= 4 is 29.8 Å². The van der Waals surface area contributed by atoms with Crippen molar-refractivity contribution < 1.29 is 33.4 Å². The van der Waals surface area contributed by atoms with Crippen LogP contribution < -0.4 is 16.0 Å². The number of imidazole rings is 1. The fraction of sp³-hybridized carbons (Fsp3) is 0.500. The zero-order valence-electron chi connectivity index (χ0n) is 38.9. The molecule has 5 fully saturated rings. The van der Waals surface area contributed by atoms with Crippen LogP contribution in [0.25, 0.3) is 11.3 Å². The zero-order chi connectivity index (χ0) is 46.8. The van der Waals surface area contributed by atoms with Crippen molar-refractivity contribution in [3.63, 3.8) is 0 Å². The van der Waals surface area contributed by atoms with Gasteiger partial charge in [-0.05, 0) is 91.9 Å². The molecule has 7 amide bonds. The Morgan fingerprint density at radius 2 is 1.15 bits per heavy atom. The summed E-state index contributed by atoms with van der Waals surface area (Å²) in [6.07, 6.45) is 10.0. The van der Waals surface area contributed by atoms with Gasteiger partial charge in [0.25, 0.3) is 5.91 Å². The van der Waals surface area contributed by atoms with Crippen LogP contribution in [0.3, 0.4) is 0 Å². The summed E-state index contributed by atoms with van der Waals surface area (Å²) in [5, 5.41) is 9.20. The Morgan fingerprint density at radius 3 is 1.74 bits per heavy atom. The number of likely N-dealkylation sites (tertiary alicyclic amines) is 2. The van der Waals surface area contributed by atoms with Crippen LogP contribution in [0.1, 0.15) is 92.0 Å². The van der Waals surface area contributed by atoms with Gasteiger partial charge in [0.15, 0.2) is 0 Å². The van der Waals surface area contributed by atoms with E-state index < -0.39 is 18.1 Å². The van der Waals surface area contributed by atoms with Crippen LogP contribution in [0.2, 0.25) is 0 Å². The van der Waals surface area contributed by atoms with Gasteiger partial charge in [0.2, 0.25) is 11.8 Å². The van der Waals surface area contributed by atoms with Gasteiger partial charge in [-0.2, -0.15) is 0 Å². The van der Waals surface area contributed by atoms with E-state index in [0.717, 1.165) is 74.0 Å². The number of nitrogens with zero attached hydrogens (tertiary/aromatic N) is 5. The highest BCUT2D eigenvalue weighted by molar-refractivity contribution is 5.93. The fourth-order valence-corrected chi connectivity index (χ4v) is 10.6. The number of ether oxygens (including phenoxy) is 2. The van der Waals surface area contributed by atoms with Crippen LogP contribution in [0.15, 0.2) is 91.1 Å². The van der Waals surface area contributed by atoms with Gasteiger partial charge in [-0.1, -0.05) is 84.9 Å². The van der Waals surface area contributed by atoms with Crippen molar-refractivity contribution in [2.24, 2.45) is 11.8 Å². The standard InChI is InChI=1S/C52H65N9O7/c62-48(44-14-8-24-61(44)50(64)46(41-11-5-2-6-12-41)57-52(66)59-27-31-68-32-28-59)54-34-38-17-15-36(16-18-38)33-37-19-21-39(22-20-37)42-35-53-47(55-42)43-13-7-23-60(43)49(63)45(40-9-3-1-4-10-40)56-51(65)58-25-29-67-30-26-58/h1-6,9-12,19-22,35-36,38,43-46H,7-8,13-18,23-34H2,(H,53,55)(H,54,62)(H,56,65)(H,57,66)/t36?,38?,43?,44?,45-,46+/m1/s1. The van der Waals surface area contributed by atoms with E-state index in [1.807, 2.05) is 71.8 Å². The molecule has 4 atom stereocenters. The second-order valence-corrected chi connectivity index (χ2v) is 18.9. The average Bonchev–Trinajstić information content (AvgIpc) is 4.21. The summed E-state index contributed by atoms with van der Waals surface area (Å²) in [6.45, 7) is 5.42. The summed E-state index contributed by atoms with van der Waals surface area (Å²) in [7, 11) is 0. The number of hydrogen-bond donors (Lipinski definition) is 4. The van der Waals surface area contributed by atoms with Crippen LogP contribution in [-0.4, -0.2) is 138 Å². The molecule has 360 valence electrons. The highest BCUT2D eigenvalue weighted by Crippen LogP contribution is 2.35. The molecule has 9 rings (SSSR count). The van der Waals surface area contributed by atoms with Gasteiger partial charge in [-0.25, -0.2) is 14.6 Å². The zero-order valence-corrected chi connectivity index (χ0v) is 38.9. The lowest BCUT2D eigenvalue weighted by molar-refractivity contribution is -0.140. The minimum Gasteiger partial charge on any atom is -0.378 e. The molecule has 5 aliphatic rings. The minimum atomic E-state index is -0.889. The number of amides is 7. The number of aromatic amines is 1. The highest BCUT2D eigenvalue weighted by atomic mass is 16.5. The van der Waals surface area contributed by atoms with E-state index in [9.17, 15) is 24.0 Å². The molecule has 0 bridgehead atoms. The molecule has 1 aliphatic carbocycles. The molecular formula is C52H65N9O7. The first-order valence-electron chi connectivity index (χ1n) is 24.7. The number of nitrogens with one attached hydrogen (secondary N) is 4. The lowest BCUT2D eigenvalue weighted by Gasteiger charge is -2.32. The lowest BCUT2D eigenvalue weighted by atomic mass is 9.79. The Hall–Kier alpha value is -6.26. The first-order chi connectivity index (χ1) is 33.3. The molecule has 4 aromatic rings. The number of benzene rings is 3. The van der Waals surface area contributed by atoms with Gasteiger partial charge in [-0.15, -0.1) is 0 Å². The lowest BCUT2D eigenvalue weighted by Crippen LogP contribution is -2.53. The fourth-order valence-electron chi connectivity index (χ4n) is 10.6. The van der Waals surface area contributed by atoms with Crippen molar-refractivity contribution in [3.05, 3.63) is 114 Å². The summed E-state index contributed by atoms with van der Waals surface area (Å²) in [5.74, 6) is 1.15. The molecule has 4 saturated heterocycles. The van der Waals surface area contributed by atoms with Crippen LogP contribution in [-0.2, 0) is 30.3 Å². The van der Waals surface area contributed by atoms with Gasteiger partial charge in [0, 0.05) is 45.8 Å². The Kier molecular flexibility index (Phi) is 15.3. The number of morpholine rings is 2. The van der Waals surface area contributed by atoms with Gasteiger partial charge in [0.1, 0.15) is 23.9 Å². The summed E-state index contributed by atoms with van der Waals surface area (Å²) in [4.78, 5) is 83.8. The maximum absolute atomic E-state index is 14.3. The predicted octanol–water partition coefficient (Wildman–Crippen LogP) is 5.76. The Labute approximate surface area is 398 Å². The van der Waals surface area contributed by atoms with Crippen molar-refractivity contribution in [3.8, 4) is 11.3 Å². The number of H-pyrrole nitrogens is 1. The Bertz CT molecular complexity index is 2330. The number of urea groups is 2. The molecule has 1 aromatic heterocycles. The van der Waals surface area contributed by atoms with Gasteiger partial charge < -0.3 is 50.0 Å². The smallest absolute Gasteiger partial charge is 0.318 e. The molecule has 4 N–H and O–H groups in total. The average molecular weight is 928 g/mol. The van der Waals surface area contributed by atoms with Crippen molar-refractivity contribution in [2.75, 3.05) is 72.2 Å². The molecule has 1 saturated carbocycles.